The van der Waals surface area contributed by atoms with Crippen molar-refractivity contribution in [3.63, 3.8) is 0 Å². The van der Waals surface area contributed by atoms with Crippen LogP contribution in [0.4, 0.5) is 0 Å². The van der Waals surface area contributed by atoms with E-state index in [0.717, 1.165) is 32.7 Å². The Morgan fingerprint density at radius 3 is 1.90 bits per heavy atom. The van der Waals surface area contributed by atoms with Gasteiger partial charge in [0.2, 0.25) is 0 Å². The molecule has 3 heterocycles. The first kappa shape index (κ1) is 21.8. The van der Waals surface area contributed by atoms with E-state index in [-0.39, 0.29) is 26.3 Å². The summed E-state index contributed by atoms with van der Waals surface area (Å²) < 4.78 is 1.03. The quantitative estimate of drug-likeness (QED) is 0.259. The third-order valence-electron chi connectivity index (χ3n) is 4.18. The third-order valence-corrected chi connectivity index (χ3v) is 5.02. The van der Waals surface area contributed by atoms with Gasteiger partial charge in [-0.25, -0.2) is 4.98 Å². The molecule has 0 aliphatic heterocycles. The largest absolute Gasteiger partial charge is 0.486 e. The zero-order valence-corrected chi connectivity index (χ0v) is 19.2. The normalized spacial score (nSPS) is 10.0. The van der Waals surface area contributed by atoms with Gasteiger partial charge in [-0.3, -0.25) is 9.97 Å². The number of rotatable bonds is 2. The summed E-state index contributed by atoms with van der Waals surface area (Å²) in [5, 5.41) is 9.10. The Hall–Kier alpha value is -2.88. The molecule has 0 unspecified atom stereocenters. The van der Waals surface area contributed by atoms with Crippen molar-refractivity contribution >= 4 is 21.6 Å². The van der Waals surface area contributed by atoms with Crippen molar-refractivity contribution in [2.45, 2.75) is 6.92 Å². The van der Waals surface area contributed by atoms with Crippen LogP contribution in [0, 0.1) is 13.0 Å². The number of hydrogen-bond acceptors (Lipinski definition) is 5. The van der Waals surface area contributed by atoms with Gasteiger partial charge in [0.05, 0.1) is 10.2 Å². The van der Waals surface area contributed by atoms with Crippen LogP contribution in [0.3, 0.4) is 0 Å². The molecule has 0 aliphatic carbocycles. The number of benzene rings is 2. The van der Waals surface area contributed by atoms with Gasteiger partial charge in [-0.1, -0.05) is 65.8 Å². The molecule has 0 radical (unpaired) electrons. The molecule has 1 N–H and O–H groups in total. The van der Waals surface area contributed by atoms with Gasteiger partial charge in [0.15, 0.2) is 0 Å². The average Bonchev–Trinajstić information content (AvgIpc) is 3.15. The molecular formula is C24H18N3OPtS-. The van der Waals surface area contributed by atoms with E-state index in [1.807, 2.05) is 60.7 Å². The molecule has 5 rings (SSSR count). The number of hydrogen-bond donors (Lipinski definition) is 1. The van der Waals surface area contributed by atoms with E-state index in [9.17, 15) is 0 Å². The van der Waals surface area contributed by atoms with Gasteiger partial charge >= 0.3 is 0 Å². The number of aromatic nitrogens is 3. The van der Waals surface area contributed by atoms with Crippen molar-refractivity contribution in [2.24, 2.45) is 0 Å². The maximum atomic E-state index is 8.96. The summed E-state index contributed by atoms with van der Waals surface area (Å²) >= 11 is 1.30. The first-order valence-corrected chi connectivity index (χ1v) is 9.92. The number of aryl methyl sites for hydroxylation is 1. The second-order valence-corrected chi connectivity index (χ2v) is 7.39. The zero-order chi connectivity index (χ0) is 20.1. The van der Waals surface area contributed by atoms with E-state index < -0.39 is 0 Å². The van der Waals surface area contributed by atoms with Crippen molar-refractivity contribution in [2.75, 3.05) is 0 Å². The molecule has 0 spiro atoms. The van der Waals surface area contributed by atoms with Gasteiger partial charge < -0.3 is 5.11 Å². The molecule has 0 amide bonds. The zero-order valence-electron chi connectivity index (χ0n) is 16.1. The SMILES string of the molecule is Cc1cc(-c2ccccn2)[c-]c(-c2ccccn2)c1.Oc1nc2ccccc2s1.[Pt]. The van der Waals surface area contributed by atoms with E-state index in [4.69, 9.17) is 5.11 Å². The summed E-state index contributed by atoms with van der Waals surface area (Å²) in [7, 11) is 0. The van der Waals surface area contributed by atoms with Crippen LogP contribution >= 0.6 is 11.3 Å². The van der Waals surface area contributed by atoms with E-state index >= 15 is 0 Å². The summed E-state index contributed by atoms with van der Waals surface area (Å²) in [5.41, 5.74) is 5.92. The van der Waals surface area contributed by atoms with Crippen LogP contribution in [0.5, 0.6) is 5.19 Å². The first-order valence-electron chi connectivity index (χ1n) is 9.10. The van der Waals surface area contributed by atoms with Crippen LogP contribution in [0.1, 0.15) is 5.56 Å². The van der Waals surface area contributed by atoms with Crippen molar-refractivity contribution in [3.05, 3.63) is 96.8 Å². The number of nitrogens with zero attached hydrogens (tertiary/aromatic N) is 3. The molecule has 30 heavy (non-hydrogen) atoms. The monoisotopic (exact) mass is 591 g/mol. The molecule has 4 nitrogen and oxygen atoms in total. The molecule has 0 bridgehead atoms. The van der Waals surface area contributed by atoms with Gasteiger partial charge in [-0.2, -0.15) is 0 Å². The number of fused-ring (bicyclic) bond motifs is 1. The summed E-state index contributed by atoms with van der Waals surface area (Å²) in [6.45, 7) is 2.08. The second-order valence-electron chi connectivity index (χ2n) is 6.38. The van der Waals surface area contributed by atoms with E-state index in [2.05, 4.69) is 40.1 Å². The van der Waals surface area contributed by atoms with Crippen molar-refractivity contribution in [1.82, 2.24) is 15.0 Å². The third kappa shape index (κ3) is 5.38. The van der Waals surface area contributed by atoms with Crippen LogP contribution in [0.25, 0.3) is 32.7 Å². The van der Waals surface area contributed by atoms with Crippen LogP contribution in [-0.2, 0) is 21.1 Å². The van der Waals surface area contributed by atoms with Crippen LogP contribution in [-0.4, -0.2) is 20.1 Å². The van der Waals surface area contributed by atoms with Crippen molar-refractivity contribution in [1.29, 1.82) is 0 Å². The predicted molar refractivity (Wildman–Crippen MR) is 118 cm³/mol. The minimum absolute atomic E-state index is 0. The van der Waals surface area contributed by atoms with E-state index in [1.54, 1.807) is 12.4 Å². The predicted octanol–water partition coefficient (Wildman–Crippen LogP) is 5.92. The van der Waals surface area contributed by atoms with Gasteiger partial charge in [0.25, 0.3) is 5.19 Å². The smallest absolute Gasteiger partial charge is 0.271 e. The van der Waals surface area contributed by atoms with E-state index in [1.165, 1.54) is 16.9 Å². The van der Waals surface area contributed by atoms with Gasteiger partial charge in [0.1, 0.15) is 0 Å². The standard InChI is InChI=1S/C17H13N2.C7H5NOS.Pt/c1-13-10-14(16-6-2-4-8-18-16)12-15(11-13)17-7-3-5-9-19-17;9-7-8-5-3-1-2-4-6(5)10-7;/h2-11H,1H3;1-4H,(H,8,9);/q-1;;. The topological polar surface area (TPSA) is 58.9 Å². The fourth-order valence-electron chi connectivity index (χ4n) is 2.89. The molecule has 0 aliphatic rings. The molecule has 152 valence electrons. The summed E-state index contributed by atoms with van der Waals surface area (Å²) in [6, 6.07) is 27.0. The number of para-hydroxylation sites is 1. The van der Waals surface area contributed by atoms with Crippen molar-refractivity contribution in [3.8, 4) is 27.7 Å². The number of thiazole rings is 1. The summed E-state index contributed by atoms with van der Waals surface area (Å²) in [6.07, 6.45) is 3.60. The maximum Gasteiger partial charge on any atom is 0.271 e. The van der Waals surface area contributed by atoms with Crippen LogP contribution in [0.15, 0.2) is 85.2 Å². The van der Waals surface area contributed by atoms with Crippen LogP contribution < -0.4 is 0 Å². The number of pyridine rings is 2. The fourth-order valence-corrected chi connectivity index (χ4v) is 3.60. The van der Waals surface area contributed by atoms with Gasteiger partial charge in [0, 0.05) is 44.8 Å². The molecule has 0 saturated heterocycles. The first-order chi connectivity index (χ1) is 14.2. The Labute approximate surface area is 193 Å². The maximum absolute atomic E-state index is 8.96. The Morgan fingerprint density at radius 1 is 0.800 bits per heavy atom. The molecule has 0 atom stereocenters. The Bertz CT molecular complexity index is 1140. The Kier molecular flexibility index (Phi) is 7.45. The van der Waals surface area contributed by atoms with Gasteiger partial charge in [-0.05, 0) is 24.3 Å². The Morgan fingerprint density at radius 2 is 1.37 bits per heavy atom. The van der Waals surface area contributed by atoms with E-state index in [0.29, 0.717) is 0 Å². The molecule has 6 heteroatoms. The van der Waals surface area contributed by atoms with Crippen molar-refractivity contribution < 1.29 is 26.2 Å². The molecule has 0 fully saturated rings. The molecule has 5 aromatic rings. The summed E-state index contributed by atoms with van der Waals surface area (Å²) in [4.78, 5) is 12.6. The average molecular weight is 592 g/mol. The molecule has 3 aromatic heterocycles. The second kappa shape index (κ2) is 10.2. The fraction of sp³-hybridized carbons (Fsp3) is 0.0417. The van der Waals surface area contributed by atoms with Crippen LogP contribution in [0.2, 0.25) is 0 Å². The number of aromatic hydroxyl groups is 1. The Balaban J connectivity index is 0.000000197. The van der Waals surface area contributed by atoms with Gasteiger partial charge in [-0.15, -0.1) is 23.8 Å². The minimum atomic E-state index is 0. The minimum Gasteiger partial charge on any atom is -0.486 e. The summed E-state index contributed by atoms with van der Waals surface area (Å²) in [5.74, 6) is 0. The molecule has 0 saturated carbocycles. The molecule has 2 aromatic carbocycles. The molecular weight excluding hydrogens is 573 g/mol.